The van der Waals surface area contributed by atoms with Crippen molar-refractivity contribution in [2.24, 2.45) is 0 Å². The van der Waals surface area contributed by atoms with E-state index in [9.17, 15) is 0 Å². The van der Waals surface area contributed by atoms with E-state index in [2.05, 4.69) is 21.1 Å². The van der Waals surface area contributed by atoms with Gasteiger partial charge < -0.3 is 9.88 Å². The second-order valence-corrected chi connectivity index (χ2v) is 6.47. The highest BCUT2D eigenvalue weighted by Crippen LogP contribution is 2.32. The lowest BCUT2D eigenvalue weighted by Crippen LogP contribution is -2.14. The van der Waals surface area contributed by atoms with E-state index in [1.54, 1.807) is 6.07 Å². The van der Waals surface area contributed by atoms with E-state index in [1.807, 2.05) is 19.1 Å². The lowest BCUT2D eigenvalue weighted by Gasteiger charge is -2.24. The predicted molar refractivity (Wildman–Crippen MR) is 88.8 cm³/mol. The van der Waals surface area contributed by atoms with Crippen molar-refractivity contribution in [3.8, 4) is 0 Å². The molecule has 112 valence electrons. The molecule has 1 N–H and O–H groups in total. The van der Waals surface area contributed by atoms with Crippen molar-refractivity contribution in [2.45, 2.75) is 45.1 Å². The fourth-order valence-electron chi connectivity index (χ4n) is 2.95. The first-order valence-corrected chi connectivity index (χ1v) is 8.16. The van der Waals surface area contributed by atoms with Crippen LogP contribution in [0.2, 0.25) is 10.0 Å². The van der Waals surface area contributed by atoms with Gasteiger partial charge in [-0.05, 0) is 38.0 Å². The summed E-state index contributed by atoms with van der Waals surface area (Å²) >= 11 is 12.0. The van der Waals surface area contributed by atoms with Crippen molar-refractivity contribution >= 4 is 34.8 Å². The van der Waals surface area contributed by atoms with Crippen molar-refractivity contribution in [3.05, 3.63) is 40.1 Å². The van der Waals surface area contributed by atoms with Crippen molar-refractivity contribution in [1.29, 1.82) is 0 Å². The Balaban J connectivity index is 1.85. The van der Waals surface area contributed by atoms with Crippen LogP contribution in [0.4, 0.5) is 11.6 Å². The topological polar surface area (TPSA) is 29.9 Å². The van der Waals surface area contributed by atoms with Gasteiger partial charge in [0.05, 0.1) is 15.7 Å². The van der Waals surface area contributed by atoms with Gasteiger partial charge in [0.2, 0.25) is 5.95 Å². The summed E-state index contributed by atoms with van der Waals surface area (Å²) in [6, 6.07) is 6.10. The maximum absolute atomic E-state index is 6.07. The predicted octanol–water partition coefficient (Wildman–Crippen LogP) is 5.75. The molecule has 1 fully saturated rings. The minimum Gasteiger partial charge on any atom is -0.326 e. The van der Waals surface area contributed by atoms with Crippen molar-refractivity contribution in [3.63, 3.8) is 0 Å². The monoisotopic (exact) mass is 323 g/mol. The van der Waals surface area contributed by atoms with Crippen LogP contribution >= 0.6 is 23.2 Å². The average molecular weight is 324 g/mol. The zero-order valence-electron chi connectivity index (χ0n) is 12.1. The molecule has 1 aromatic heterocycles. The number of nitrogens with zero attached hydrogens (tertiary/aromatic N) is 2. The van der Waals surface area contributed by atoms with E-state index in [-0.39, 0.29) is 0 Å². The van der Waals surface area contributed by atoms with Gasteiger partial charge in [-0.25, -0.2) is 4.98 Å². The molecule has 1 aliphatic carbocycles. The summed E-state index contributed by atoms with van der Waals surface area (Å²) in [5.74, 6) is 0.887. The number of hydrogen-bond donors (Lipinski definition) is 1. The number of nitrogens with one attached hydrogen (secondary N) is 1. The number of halogens is 2. The van der Waals surface area contributed by atoms with E-state index in [4.69, 9.17) is 23.2 Å². The Labute approximate surface area is 135 Å². The van der Waals surface area contributed by atoms with Crippen LogP contribution in [-0.4, -0.2) is 9.55 Å². The van der Waals surface area contributed by atoms with Gasteiger partial charge in [-0.2, -0.15) is 0 Å². The molecule has 1 saturated carbocycles. The fourth-order valence-corrected chi connectivity index (χ4v) is 3.25. The zero-order chi connectivity index (χ0) is 14.8. The normalized spacial score (nSPS) is 16.1. The first kappa shape index (κ1) is 14.7. The summed E-state index contributed by atoms with van der Waals surface area (Å²) in [5.41, 5.74) is 1.94. The summed E-state index contributed by atoms with van der Waals surface area (Å²) in [4.78, 5) is 4.61. The highest BCUT2D eigenvalue weighted by Gasteiger charge is 2.19. The summed E-state index contributed by atoms with van der Waals surface area (Å²) in [5, 5.41) is 4.48. The molecule has 0 spiro atoms. The molecule has 1 aromatic carbocycles. The number of imidazole rings is 1. The maximum Gasteiger partial charge on any atom is 0.207 e. The standard InChI is InChI=1S/C16H19Cl2N3/c1-11-10-21(13-5-3-2-4-6-13)16(19-11)20-12-7-8-14(17)15(18)9-12/h7-10,13H,2-6H2,1H3,(H,19,20). The molecule has 1 heterocycles. The number of aryl methyl sites for hydroxylation is 1. The van der Waals surface area contributed by atoms with Crippen LogP contribution in [0.1, 0.15) is 43.8 Å². The van der Waals surface area contributed by atoms with Gasteiger partial charge in [0.1, 0.15) is 0 Å². The van der Waals surface area contributed by atoms with Crippen molar-refractivity contribution in [1.82, 2.24) is 9.55 Å². The van der Waals surface area contributed by atoms with Crippen LogP contribution in [0.5, 0.6) is 0 Å². The van der Waals surface area contributed by atoms with Crippen LogP contribution < -0.4 is 5.32 Å². The second-order valence-electron chi connectivity index (χ2n) is 5.66. The third-order valence-electron chi connectivity index (χ3n) is 4.00. The van der Waals surface area contributed by atoms with Crippen LogP contribution in [-0.2, 0) is 0 Å². The maximum atomic E-state index is 6.07. The van der Waals surface area contributed by atoms with Gasteiger partial charge in [0.25, 0.3) is 0 Å². The van der Waals surface area contributed by atoms with E-state index in [0.717, 1.165) is 17.3 Å². The molecular weight excluding hydrogens is 305 g/mol. The Bertz CT molecular complexity index is 630. The van der Waals surface area contributed by atoms with Crippen LogP contribution in [0.3, 0.4) is 0 Å². The molecule has 0 amide bonds. The summed E-state index contributed by atoms with van der Waals surface area (Å²) < 4.78 is 2.27. The molecule has 0 saturated heterocycles. The second kappa shape index (κ2) is 6.29. The van der Waals surface area contributed by atoms with Crippen molar-refractivity contribution < 1.29 is 0 Å². The van der Waals surface area contributed by atoms with E-state index < -0.39 is 0 Å². The molecule has 0 aliphatic heterocycles. The summed E-state index contributed by atoms with van der Waals surface area (Å²) in [6.07, 6.45) is 8.54. The molecule has 2 aromatic rings. The minimum absolute atomic E-state index is 0.547. The Hall–Kier alpha value is -1.19. The van der Waals surface area contributed by atoms with Gasteiger partial charge in [0, 0.05) is 17.9 Å². The van der Waals surface area contributed by atoms with Crippen LogP contribution in [0, 0.1) is 6.92 Å². The lowest BCUT2D eigenvalue weighted by atomic mass is 9.95. The number of hydrogen-bond acceptors (Lipinski definition) is 2. The SMILES string of the molecule is Cc1cn(C2CCCCC2)c(Nc2ccc(Cl)c(Cl)c2)n1. The number of anilines is 2. The Morgan fingerprint density at radius 3 is 2.62 bits per heavy atom. The highest BCUT2D eigenvalue weighted by atomic mass is 35.5. The van der Waals surface area contributed by atoms with Crippen LogP contribution in [0.25, 0.3) is 0 Å². The Morgan fingerprint density at radius 1 is 1.14 bits per heavy atom. The van der Waals surface area contributed by atoms with Gasteiger partial charge in [0.15, 0.2) is 0 Å². The third kappa shape index (κ3) is 3.35. The first-order chi connectivity index (χ1) is 10.1. The number of benzene rings is 1. The smallest absolute Gasteiger partial charge is 0.207 e. The molecule has 0 bridgehead atoms. The highest BCUT2D eigenvalue weighted by molar-refractivity contribution is 6.42. The first-order valence-electron chi connectivity index (χ1n) is 7.41. The quantitative estimate of drug-likeness (QED) is 0.779. The Morgan fingerprint density at radius 2 is 1.90 bits per heavy atom. The molecule has 3 nitrogen and oxygen atoms in total. The van der Waals surface area contributed by atoms with Gasteiger partial charge in [-0.15, -0.1) is 0 Å². The molecule has 0 atom stereocenters. The van der Waals surface area contributed by atoms with Gasteiger partial charge >= 0.3 is 0 Å². The van der Waals surface area contributed by atoms with Crippen LogP contribution in [0.15, 0.2) is 24.4 Å². The third-order valence-corrected chi connectivity index (χ3v) is 4.74. The molecule has 0 radical (unpaired) electrons. The zero-order valence-corrected chi connectivity index (χ0v) is 13.6. The largest absolute Gasteiger partial charge is 0.326 e. The lowest BCUT2D eigenvalue weighted by molar-refractivity contribution is 0.356. The molecule has 1 aliphatic rings. The summed E-state index contributed by atoms with van der Waals surface area (Å²) in [6.45, 7) is 2.03. The molecule has 3 rings (SSSR count). The molecule has 21 heavy (non-hydrogen) atoms. The van der Waals surface area contributed by atoms with E-state index in [1.165, 1.54) is 32.1 Å². The van der Waals surface area contributed by atoms with Gasteiger partial charge in [-0.3, -0.25) is 0 Å². The molecular formula is C16H19Cl2N3. The molecule has 5 heteroatoms. The van der Waals surface area contributed by atoms with Gasteiger partial charge in [-0.1, -0.05) is 42.5 Å². The summed E-state index contributed by atoms with van der Waals surface area (Å²) in [7, 11) is 0. The minimum atomic E-state index is 0.547. The fraction of sp³-hybridized carbons (Fsp3) is 0.438. The number of aromatic nitrogens is 2. The van der Waals surface area contributed by atoms with E-state index in [0.29, 0.717) is 16.1 Å². The molecule has 0 unspecified atom stereocenters. The number of rotatable bonds is 3. The van der Waals surface area contributed by atoms with Crippen molar-refractivity contribution in [2.75, 3.05) is 5.32 Å². The Kier molecular flexibility index (Phi) is 4.41. The van der Waals surface area contributed by atoms with E-state index >= 15 is 0 Å². The average Bonchev–Trinajstić information content (AvgIpc) is 2.85.